The number of hydrogen-bond donors (Lipinski definition) is 1. The highest BCUT2D eigenvalue weighted by Gasteiger charge is 2.29. The van der Waals surface area contributed by atoms with E-state index in [2.05, 4.69) is 9.97 Å². The maximum Gasteiger partial charge on any atom is 0.157 e. The third-order valence-electron chi connectivity index (χ3n) is 4.28. The second kappa shape index (κ2) is 5.19. The lowest BCUT2D eigenvalue weighted by Crippen LogP contribution is -2.24. The minimum atomic E-state index is -0.435. The van der Waals surface area contributed by atoms with E-state index in [1.165, 1.54) is 12.1 Å². The van der Waals surface area contributed by atoms with Crippen molar-refractivity contribution in [3.63, 3.8) is 0 Å². The van der Waals surface area contributed by atoms with Crippen LogP contribution >= 0.6 is 0 Å². The lowest BCUT2D eigenvalue weighted by atomic mass is 10.0. The maximum absolute atomic E-state index is 14.1. The minimum Gasteiger partial charge on any atom is -0.383 e. The van der Waals surface area contributed by atoms with Crippen LogP contribution in [0.4, 0.5) is 20.4 Å². The second-order valence-electron chi connectivity index (χ2n) is 5.67. The Morgan fingerprint density at radius 2 is 2.04 bits per heavy atom. The van der Waals surface area contributed by atoms with E-state index in [0.29, 0.717) is 22.8 Å². The van der Waals surface area contributed by atoms with Gasteiger partial charge in [0, 0.05) is 12.1 Å². The molecule has 3 aromatic rings. The van der Waals surface area contributed by atoms with Crippen molar-refractivity contribution < 1.29 is 8.78 Å². The number of nitrogen functional groups attached to an aromatic ring is 1. The first-order valence-corrected chi connectivity index (χ1v) is 7.43. The Morgan fingerprint density at radius 3 is 2.91 bits per heavy atom. The van der Waals surface area contributed by atoms with Gasteiger partial charge in [0.1, 0.15) is 23.3 Å². The van der Waals surface area contributed by atoms with Crippen molar-refractivity contribution in [1.82, 2.24) is 14.4 Å². The average Bonchev–Trinajstić information content (AvgIpc) is 3.17. The minimum absolute atomic E-state index is 0.236. The number of nitrogens with two attached hydrogens (primary N) is 1. The van der Waals surface area contributed by atoms with Gasteiger partial charge in [-0.3, -0.25) is 4.40 Å². The van der Waals surface area contributed by atoms with Crippen LogP contribution in [0.25, 0.3) is 5.65 Å². The van der Waals surface area contributed by atoms with Crippen LogP contribution < -0.4 is 10.6 Å². The van der Waals surface area contributed by atoms with Gasteiger partial charge < -0.3 is 10.6 Å². The van der Waals surface area contributed by atoms with E-state index < -0.39 is 11.6 Å². The summed E-state index contributed by atoms with van der Waals surface area (Å²) in [7, 11) is 0. The predicted molar refractivity (Wildman–Crippen MR) is 83.1 cm³/mol. The monoisotopic (exact) mass is 315 g/mol. The van der Waals surface area contributed by atoms with Crippen molar-refractivity contribution in [2.24, 2.45) is 0 Å². The second-order valence-corrected chi connectivity index (χ2v) is 5.67. The summed E-state index contributed by atoms with van der Waals surface area (Å²) < 4.78 is 29.4. The Kier molecular flexibility index (Phi) is 3.14. The fraction of sp³-hybridized carbons (Fsp3) is 0.250. The highest BCUT2D eigenvalue weighted by atomic mass is 19.1. The first kappa shape index (κ1) is 13.9. The molecule has 0 aliphatic carbocycles. The molecule has 1 aromatic carbocycles. The highest BCUT2D eigenvalue weighted by Crippen LogP contribution is 2.36. The maximum atomic E-state index is 14.1. The Morgan fingerprint density at radius 1 is 1.17 bits per heavy atom. The number of benzene rings is 1. The van der Waals surface area contributed by atoms with E-state index in [1.54, 1.807) is 23.0 Å². The number of imidazole rings is 1. The molecule has 0 amide bonds. The molecule has 0 spiro atoms. The van der Waals surface area contributed by atoms with Crippen LogP contribution in [-0.2, 0) is 0 Å². The van der Waals surface area contributed by atoms with Crippen LogP contribution in [0.1, 0.15) is 24.4 Å². The molecule has 1 aliphatic heterocycles. The molecular formula is C16H15F2N5. The normalized spacial score (nSPS) is 18.0. The predicted octanol–water partition coefficient (Wildman–Crippen LogP) is 2.93. The summed E-state index contributed by atoms with van der Waals surface area (Å²) in [6, 6.07) is 3.34. The summed E-state index contributed by atoms with van der Waals surface area (Å²) in [5.74, 6) is 0.353. The molecule has 1 saturated heterocycles. The van der Waals surface area contributed by atoms with E-state index in [9.17, 15) is 8.78 Å². The topological polar surface area (TPSA) is 59.5 Å². The quantitative estimate of drug-likeness (QED) is 0.790. The van der Waals surface area contributed by atoms with Crippen molar-refractivity contribution in [3.8, 4) is 0 Å². The summed E-state index contributed by atoms with van der Waals surface area (Å²) in [6.07, 6.45) is 6.62. The first-order chi connectivity index (χ1) is 11.1. The van der Waals surface area contributed by atoms with Crippen LogP contribution in [-0.4, -0.2) is 20.9 Å². The molecule has 2 N–H and O–H groups in total. The first-order valence-electron chi connectivity index (χ1n) is 7.43. The Hall–Kier alpha value is -2.70. The third-order valence-corrected chi connectivity index (χ3v) is 4.28. The van der Waals surface area contributed by atoms with Gasteiger partial charge in [-0.25, -0.2) is 18.7 Å². The zero-order valence-electron chi connectivity index (χ0n) is 12.3. The smallest absolute Gasteiger partial charge is 0.157 e. The van der Waals surface area contributed by atoms with Crippen LogP contribution in [0.2, 0.25) is 0 Å². The molecule has 4 rings (SSSR count). The largest absolute Gasteiger partial charge is 0.383 e. The fourth-order valence-electron chi connectivity index (χ4n) is 3.18. The molecule has 0 unspecified atom stereocenters. The van der Waals surface area contributed by atoms with Gasteiger partial charge in [-0.2, -0.15) is 0 Å². The van der Waals surface area contributed by atoms with E-state index >= 15 is 0 Å². The summed E-state index contributed by atoms with van der Waals surface area (Å²) in [4.78, 5) is 10.5. The molecule has 3 heterocycles. The number of hydrogen-bond acceptors (Lipinski definition) is 4. The molecule has 23 heavy (non-hydrogen) atoms. The number of fused-ring (bicyclic) bond motifs is 1. The van der Waals surface area contributed by atoms with E-state index in [1.807, 2.05) is 4.90 Å². The van der Waals surface area contributed by atoms with E-state index in [-0.39, 0.29) is 6.04 Å². The summed E-state index contributed by atoms with van der Waals surface area (Å²) >= 11 is 0. The van der Waals surface area contributed by atoms with Crippen LogP contribution in [0.15, 0.2) is 36.8 Å². The number of aromatic nitrogens is 3. The molecule has 1 aliphatic rings. The van der Waals surface area contributed by atoms with E-state index in [4.69, 9.17) is 5.73 Å². The Bertz CT molecular complexity index is 876. The SMILES string of the molecule is Nc1cnc2cnc(N3CCC[C@@H]3c3cc(F)ccc3F)cn12. The standard InChI is InChI=1S/C16H15F2N5/c17-10-3-4-12(18)11(6-10)13-2-1-5-22(13)16-9-23-14(19)7-20-15(23)8-21-16/h3-4,6-9,13H,1-2,5,19H2/t13-/m1/s1. The molecular weight excluding hydrogens is 300 g/mol. The van der Waals surface area contributed by atoms with Gasteiger partial charge in [0.05, 0.1) is 24.6 Å². The summed E-state index contributed by atoms with van der Waals surface area (Å²) in [6.45, 7) is 0.730. The third kappa shape index (κ3) is 2.28. The van der Waals surface area contributed by atoms with Crippen molar-refractivity contribution in [3.05, 3.63) is 54.0 Å². The molecule has 0 radical (unpaired) electrons. The lowest BCUT2D eigenvalue weighted by Gasteiger charge is -2.26. The summed E-state index contributed by atoms with van der Waals surface area (Å²) in [5, 5.41) is 0. The number of rotatable bonds is 2. The fourth-order valence-corrected chi connectivity index (χ4v) is 3.18. The van der Waals surface area contributed by atoms with Gasteiger partial charge in [-0.05, 0) is 31.0 Å². The molecule has 2 aromatic heterocycles. The van der Waals surface area contributed by atoms with Gasteiger partial charge in [-0.15, -0.1) is 0 Å². The van der Waals surface area contributed by atoms with Gasteiger partial charge in [0.15, 0.2) is 5.65 Å². The van der Waals surface area contributed by atoms with Gasteiger partial charge >= 0.3 is 0 Å². The number of anilines is 2. The molecule has 1 atom stereocenters. The molecule has 0 saturated carbocycles. The van der Waals surface area contributed by atoms with Crippen molar-refractivity contribution in [1.29, 1.82) is 0 Å². The van der Waals surface area contributed by atoms with Crippen LogP contribution in [0.3, 0.4) is 0 Å². The molecule has 5 nitrogen and oxygen atoms in total. The zero-order chi connectivity index (χ0) is 16.0. The zero-order valence-corrected chi connectivity index (χ0v) is 12.3. The van der Waals surface area contributed by atoms with Crippen molar-refractivity contribution >= 4 is 17.3 Å². The summed E-state index contributed by atoms with van der Waals surface area (Å²) in [5.41, 5.74) is 6.89. The Balaban J connectivity index is 1.76. The average molecular weight is 315 g/mol. The number of halogens is 2. The Labute approximate surface area is 131 Å². The number of nitrogens with zero attached hydrogens (tertiary/aromatic N) is 4. The molecule has 0 bridgehead atoms. The van der Waals surface area contributed by atoms with Crippen molar-refractivity contribution in [2.45, 2.75) is 18.9 Å². The van der Waals surface area contributed by atoms with E-state index in [0.717, 1.165) is 25.5 Å². The molecule has 1 fully saturated rings. The van der Waals surface area contributed by atoms with Gasteiger partial charge in [-0.1, -0.05) is 0 Å². The lowest BCUT2D eigenvalue weighted by molar-refractivity contribution is 0.560. The molecule has 7 heteroatoms. The molecule has 118 valence electrons. The van der Waals surface area contributed by atoms with Crippen molar-refractivity contribution in [2.75, 3.05) is 17.2 Å². The van der Waals surface area contributed by atoms with Gasteiger partial charge in [0.25, 0.3) is 0 Å². The van der Waals surface area contributed by atoms with Crippen LogP contribution in [0, 0.1) is 11.6 Å². The van der Waals surface area contributed by atoms with Crippen LogP contribution in [0.5, 0.6) is 0 Å². The van der Waals surface area contributed by atoms with Gasteiger partial charge in [0.2, 0.25) is 0 Å². The highest BCUT2D eigenvalue weighted by molar-refractivity contribution is 5.52.